The second-order valence-electron chi connectivity index (χ2n) is 6.16. The van der Waals surface area contributed by atoms with Crippen LogP contribution in [0.4, 0.5) is 10.5 Å². The van der Waals surface area contributed by atoms with Gasteiger partial charge in [0.05, 0.1) is 10.6 Å². The molecule has 0 aliphatic carbocycles. The number of carbonyl (C=O) groups is 2. The Hall–Kier alpha value is -2.24. The molecule has 0 radical (unpaired) electrons. The van der Waals surface area contributed by atoms with Crippen LogP contribution < -0.4 is 10.6 Å². The van der Waals surface area contributed by atoms with Gasteiger partial charge in [0.2, 0.25) is 0 Å². The van der Waals surface area contributed by atoms with Crippen LogP contribution in [-0.4, -0.2) is 36.0 Å². The van der Waals surface area contributed by atoms with E-state index < -0.39 is 0 Å². The Balaban J connectivity index is 1.50. The number of halogens is 2. The Bertz CT molecular complexity index is 791. The van der Waals surface area contributed by atoms with Crippen molar-refractivity contribution in [3.8, 4) is 0 Å². The van der Waals surface area contributed by atoms with E-state index in [4.69, 9.17) is 23.2 Å². The number of rotatable bonds is 3. The topological polar surface area (TPSA) is 61.4 Å². The monoisotopic (exact) mass is 391 g/mol. The van der Waals surface area contributed by atoms with Gasteiger partial charge in [0, 0.05) is 29.8 Å². The van der Waals surface area contributed by atoms with Gasteiger partial charge < -0.3 is 15.5 Å². The minimum absolute atomic E-state index is 0.00928. The van der Waals surface area contributed by atoms with Gasteiger partial charge in [0.25, 0.3) is 5.91 Å². The number of nitrogens with one attached hydrogen (secondary N) is 2. The van der Waals surface area contributed by atoms with Crippen molar-refractivity contribution < 1.29 is 9.59 Å². The largest absolute Gasteiger partial charge is 0.349 e. The zero-order valence-corrected chi connectivity index (χ0v) is 15.6. The van der Waals surface area contributed by atoms with Crippen LogP contribution >= 0.6 is 23.2 Å². The standard InChI is InChI=1S/C19H19Cl2N3O2/c20-13-6-7-16(17(21)12-13)18(25)22-15-8-10-24(11-9-15)19(26)23-14-4-2-1-3-5-14/h1-7,12,15H,8-11H2,(H,22,25)(H,23,26). The molecule has 2 N–H and O–H groups in total. The molecular formula is C19H19Cl2N3O2. The summed E-state index contributed by atoms with van der Waals surface area (Å²) < 4.78 is 0. The molecule has 1 fully saturated rings. The number of piperidine rings is 1. The van der Waals surface area contributed by atoms with Crippen molar-refractivity contribution in [2.24, 2.45) is 0 Å². The van der Waals surface area contributed by atoms with E-state index in [1.807, 2.05) is 30.3 Å². The second kappa shape index (κ2) is 8.43. The Morgan fingerprint density at radius 3 is 2.35 bits per heavy atom. The number of anilines is 1. The molecule has 5 nitrogen and oxygen atoms in total. The van der Waals surface area contributed by atoms with Crippen LogP contribution in [0.15, 0.2) is 48.5 Å². The van der Waals surface area contributed by atoms with Crippen molar-refractivity contribution in [1.82, 2.24) is 10.2 Å². The first kappa shape index (κ1) is 18.5. The molecule has 26 heavy (non-hydrogen) atoms. The van der Waals surface area contributed by atoms with E-state index in [2.05, 4.69) is 10.6 Å². The summed E-state index contributed by atoms with van der Waals surface area (Å²) in [6.45, 7) is 1.16. The number of para-hydroxylation sites is 1. The maximum atomic E-state index is 12.4. The van der Waals surface area contributed by atoms with E-state index >= 15 is 0 Å². The summed E-state index contributed by atoms with van der Waals surface area (Å²) in [5, 5.41) is 6.67. The predicted octanol–water partition coefficient (Wildman–Crippen LogP) is 4.42. The fourth-order valence-corrected chi connectivity index (χ4v) is 3.38. The van der Waals surface area contributed by atoms with E-state index in [0.29, 0.717) is 41.5 Å². The van der Waals surface area contributed by atoms with Crippen molar-refractivity contribution in [3.63, 3.8) is 0 Å². The highest BCUT2D eigenvalue weighted by Crippen LogP contribution is 2.21. The molecule has 0 aromatic heterocycles. The Labute approximate surface area is 162 Å². The number of likely N-dealkylation sites (tertiary alicyclic amines) is 1. The van der Waals surface area contributed by atoms with Crippen LogP contribution in [0.2, 0.25) is 10.0 Å². The SMILES string of the molecule is O=C(NC1CCN(C(=O)Nc2ccccc2)CC1)c1ccc(Cl)cc1Cl. The molecule has 0 spiro atoms. The molecule has 7 heteroatoms. The molecule has 0 bridgehead atoms. The zero-order chi connectivity index (χ0) is 18.5. The molecule has 2 aromatic rings. The summed E-state index contributed by atoms with van der Waals surface area (Å²) in [7, 11) is 0. The highest BCUT2D eigenvalue weighted by molar-refractivity contribution is 6.36. The number of urea groups is 1. The van der Waals surface area contributed by atoms with Crippen LogP contribution in [0.3, 0.4) is 0 Å². The number of benzene rings is 2. The molecule has 1 aliphatic rings. The molecule has 0 atom stereocenters. The van der Waals surface area contributed by atoms with Crippen molar-refractivity contribution in [3.05, 3.63) is 64.1 Å². The number of hydrogen-bond acceptors (Lipinski definition) is 2. The molecular weight excluding hydrogens is 373 g/mol. The third kappa shape index (κ3) is 4.68. The van der Waals surface area contributed by atoms with E-state index in [9.17, 15) is 9.59 Å². The first-order chi connectivity index (χ1) is 12.5. The normalized spacial score (nSPS) is 14.8. The smallest absolute Gasteiger partial charge is 0.321 e. The summed E-state index contributed by atoms with van der Waals surface area (Å²) in [5.74, 6) is -0.223. The first-order valence-electron chi connectivity index (χ1n) is 8.40. The summed E-state index contributed by atoms with van der Waals surface area (Å²) in [5.41, 5.74) is 1.17. The zero-order valence-electron chi connectivity index (χ0n) is 14.0. The Kier molecular flexibility index (Phi) is 6.01. The predicted molar refractivity (Wildman–Crippen MR) is 104 cm³/mol. The van der Waals surface area contributed by atoms with Gasteiger partial charge in [0.1, 0.15) is 0 Å². The van der Waals surface area contributed by atoms with Gasteiger partial charge in [-0.15, -0.1) is 0 Å². The number of carbonyl (C=O) groups excluding carboxylic acids is 2. The molecule has 1 heterocycles. The maximum Gasteiger partial charge on any atom is 0.321 e. The number of nitrogens with zero attached hydrogens (tertiary/aromatic N) is 1. The molecule has 0 saturated carbocycles. The maximum absolute atomic E-state index is 12.4. The van der Waals surface area contributed by atoms with Gasteiger partial charge in [-0.2, -0.15) is 0 Å². The molecule has 1 aliphatic heterocycles. The lowest BCUT2D eigenvalue weighted by atomic mass is 10.0. The average molecular weight is 392 g/mol. The summed E-state index contributed by atoms with van der Waals surface area (Å²) in [6.07, 6.45) is 1.39. The van der Waals surface area contributed by atoms with Crippen LogP contribution in [0.25, 0.3) is 0 Å². The first-order valence-corrected chi connectivity index (χ1v) is 9.15. The molecule has 3 rings (SSSR count). The Morgan fingerprint density at radius 2 is 1.69 bits per heavy atom. The third-order valence-corrected chi connectivity index (χ3v) is 4.87. The van der Waals surface area contributed by atoms with Crippen molar-refractivity contribution in [2.45, 2.75) is 18.9 Å². The fourth-order valence-electron chi connectivity index (χ4n) is 2.89. The molecule has 2 aromatic carbocycles. The minimum atomic E-state index is -0.223. The van der Waals surface area contributed by atoms with Crippen LogP contribution in [0.5, 0.6) is 0 Å². The highest BCUT2D eigenvalue weighted by Gasteiger charge is 2.24. The van der Waals surface area contributed by atoms with Gasteiger partial charge in [0.15, 0.2) is 0 Å². The van der Waals surface area contributed by atoms with E-state index in [0.717, 1.165) is 5.69 Å². The van der Waals surface area contributed by atoms with Gasteiger partial charge in [-0.05, 0) is 43.2 Å². The van der Waals surface area contributed by atoms with Crippen molar-refractivity contribution >= 4 is 40.8 Å². The number of amides is 3. The van der Waals surface area contributed by atoms with Gasteiger partial charge in [-0.25, -0.2) is 4.79 Å². The molecule has 0 unspecified atom stereocenters. The lowest BCUT2D eigenvalue weighted by molar-refractivity contribution is 0.0919. The fraction of sp³-hybridized carbons (Fsp3) is 0.263. The highest BCUT2D eigenvalue weighted by atomic mass is 35.5. The lowest BCUT2D eigenvalue weighted by Gasteiger charge is -2.32. The summed E-state index contributed by atoms with van der Waals surface area (Å²) in [4.78, 5) is 26.4. The third-order valence-electron chi connectivity index (χ3n) is 4.32. The molecule has 136 valence electrons. The second-order valence-corrected chi connectivity index (χ2v) is 7.00. The van der Waals surface area contributed by atoms with Crippen molar-refractivity contribution in [1.29, 1.82) is 0 Å². The number of hydrogen-bond donors (Lipinski definition) is 2. The quantitative estimate of drug-likeness (QED) is 0.813. The van der Waals surface area contributed by atoms with Gasteiger partial charge in [-0.1, -0.05) is 41.4 Å². The van der Waals surface area contributed by atoms with E-state index in [1.165, 1.54) is 0 Å². The van der Waals surface area contributed by atoms with Crippen molar-refractivity contribution in [2.75, 3.05) is 18.4 Å². The Morgan fingerprint density at radius 1 is 1.00 bits per heavy atom. The molecule has 1 saturated heterocycles. The van der Waals surface area contributed by atoms with Crippen LogP contribution in [-0.2, 0) is 0 Å². The van der Waals surface area contributed by atoms with Crippen LogP contribution in [0, 0.1) is 0 Å². The van der Waals surface area contributed by atoms with Gasteiger partial charge >= 0.3 is 6.03 Å². The lowest BCUT2D eigenvalue weighted by Crippen LogP contribution is -2.47. The summed E-state index contributed by atoms with van der Waals surface area (Å²) in [6, 6.07) is 14.0. The average Bonchev–Trinajstić information content (AvgIpc) is 2.63. The van der Waals surface area contributed by atoms with E-state index in [-0.39, 0.29) is 18.0 Å². The minimum Gasteiger partial charge on any atom is -0.349 e. The van der Waals surface area contributed by atoms with E-state index in [1.54, 1.807) is 23.1 Å². The van der Waals surface area contributed by atoms with Crippen LogP contribution in [0.1, 0.15) is 23.2 Å². The molecule has 3 amide bonds. The summed E-state index contributed by atoms with van der Waals surface area (Å²) >= 11 is 11.9. The van der Waals surface area contributed by atoms with Gasteiger partial charge in [-0.3, -0.25) is 4.79 Å².